The number of rotatable bonds is 5. The molecule has 7 heteroatoms. The molecule has 22 heavy (non-hydrogen) atoms. The van der Waals surface area contributed by atoms with Gasteiger partial charge in [0.1, 0.15) is 17.5 Å². The van der Waals surface area contributed by atoms with Crippen LogP contribution in [0.15, 0.2) is 48.5 Å². The first-order valence-electron chi connectivity index (χ1n) is 6.45. The van der Waals surface area contributed by atoms with Crippen molar-refractivity contribution >= 4 is 11.7 Å². The van der Waals surface area contributed by atoms with Crippen molar-refractivity contribution in [1.82, 2.24) is 0 Å². The number of carbonyl (C=O) groups is 1. The number of nitro groups is 1. The van der Waals surface area contributed by atoms with Gasteiger partial charge in [-0.15, -0.1) is 0 Å². The molecule has 0 aliphatic rings. The molecule has 0 radical (unpaired) electrons. The van der Waals surface area contributed by atoms with Gasteiger partial charge < -0.3 is 15.6 Å². The van der Waals surface area contributed by atoms with E-state index in [1.807, 2.05) is 0 Å². The van der Waals surface area contributed by atoms with Gasteiger partial charge in [0.15, 0.2) is 0 Å². The number of phenols is 1. The fraction of sp³-hybridized carbons (Fsp3) is 0.133. The van der Waals surface area contributed by atoms with Crippen LogP contribution in [0.5, 0.6) is 11.5 Å². The number of phenolic OH excluding ortho intramolecular Hbond substituents is 1. The van der Waals surface area contributed by atoms with E-state index in [1.54, 1.807) is 12.1 Å². The van der Waals surface area contributed by atoms with Gasteiger partial charge in [-0.05, 0) is 36.2 Å². The van der Waals surface area contributed by atoms with Crippen molar-refractivity contribution in [2.75, 3.05) is 0 Å². The summed E-state index contributed by atoms with van der Waals surface area (Å²) in [5.74, 6) is -0.315. The Bertz CT molecular complexity index is 667. The molecule has 0 heterocycles. The summed E-state index contributed by atoms with van der Waals surface area (Å²) in [6, 6.07) is 10.6. The number of hydrogen-bond donors (Lipinski definition) is 2. The molecule has 0 aromatic heterocycles. The second kappa shape index (κ2) is 6.68. The summed E-state index contributed by atoms with van der Waals surface area (Å²) >= 11 is 0. The number of aromatic hydroxyl groups is 1. The molecule has 114 valence electrons. The molecule has 2 aromatic rings. The first-order valence-corrected chi connectivity index (χ1v) is 6.45. The Kier molecular flexibility index (Phi) is 4.70. The summed E-state index contributed by atoms with van der Waals surface area (Å²) < 4.78 is 5.07. The van der Waals surface area contributed by atoms with Crippen molar-refractivity contribution < 1.29 is 19.6 Å². The number of carbonyl (C=O) groups excluding carboxylic acids is 1. The summed E-state index contributed by atoms with van der Waals surface area (Å²) in [6.45, 7) is 0. The largest absolute Gasteiger partial charge is 0.508 e. The lowest BCUT2D eigenvalue weighted by Crippen LogP contribution is -2.36. The van der Waals surface area contributed by atoms with Crippen LogP contribution in [0.3, 0.4) is 0 Å². The highest BCUT2D eigenvalue weighted by Crippen LogP contribution is 2.18. The van der Waals surface area contributed by atoms with Crippen LogP contribution >= 0.6 is 0 Å². The van der Waals surface area contributed by atoms with Crippen LogP contribution < -0.4 is 10.5 Å². The van der Waals surface area contributed by atoms with E-state index in [0.717, 1.165) is 5.56 Å². The van der Waals surface area contributed by atoms with Crippen molar-refractivity contribution in [3.63, 3.8) is 0 Å². The first-order chi connectivity index (χ1) is 10.5. The average Bonchev–Trinajstić information content (AvgIpc) is 2.50. The Labute approximate surface area is 126 Å². The minimum Gasteiger partial charge on any atom is -0.508 e. The number of nitro benzene ring substituents is 1. The number of esters is 1. The number of non-ortho nitro benzene ring substituents is 1. The van der Waals surface area contributed by atoms with E-state index in [4.69, 9.17) is 10.5 Å². The van der Waals surface area contributed by atoms with Gasteiger partial charge in [0.05, 0.1) is 4.92 Å². The van der Waals surface area contributed by atoms with Crippen LogP contribution in [0.4, 0.5) is 5.69 Å². The van der Waals surface area contributed by atoms with E-state index in [9.17, 15) is 20.0 Å². The molecule has 0 fully saturated rings. The molecule has 0 bridgehead atoms. The minimum absolute atomic E-state index is 0.0896. The van der Waals surface area contributed by atoms with E-state index >= 15 is 0 Å². The van der Waals surface area contributed by atoms with Gasteiger partial charge >= 0.3 is 5.97 Å². The summed E-state index contributed by atoms with van der Waals surface area (Å²) in [4.78, 5) is 21.9. The predicted molar refractivity (Wildman–Crippen MR) is 78.5 cm³/mol. The molecule has 0 aliphatic carbocycles. The normalized spacial score (nSPS) is 11.7. The van der Waals surface area contributed by atoms with Crippen molar-refractivity contribution in [2.45, 2.75) is 12.5 Å². The zero-order chi connectivity index (χ0) is 16.1. The Morgan fingerprint density at radius 1 is 1.18 bits per heavy atom. The minimum atomic E-state index is -0.875. The molecule has 0 spiro atoms. The molecular weight excluding hydrogens is 288 g/mol. The van der Waals surface area contributed by atoms with Crippen molar-refractivity contribution in [2.24, 2.45) is 5.73 Å². The molecule has 1 atom stereocenters. The zero-order valence-electron chi connectivity index (χ0n) is 11.5. The standard InChI is InChI=1S/C15H14N2O5/c16-14(9-10-1-5-12(18)6-2-10)15(19)22-13-7-3-11(4-8-13)17(20)21/h1-8,14,18H,9,16H2/t14-/m0/s1. The van der Waals surface area contributed by atoms with Gasteiger partial charge in [0, 0.05) is 12.1 Å². The van der Waals surface area contributed by atoms with Gasteiger partial charge in [0.2, 0.25) is 0 Å². The SMILES string of the molecule is N[C@@H](Cc1ccc(O)cc1)C(=O)Oc1ccc([N+](=O)[O-])cc1. The van der Waals surface area contributed by atoms with Crippen LogP contribution in [0.1, 0.15) is 5.56 Å². The van der Waals surface area contributed by atoms with Crippen LogP contribution in [0.25, 0.3) is 0 Å². The fourth-order valence-corrected chi connectivity index (χ4v) is 1.80. The van der Waals surface area contributed by atoms with Crippen LogP contribution in [-0.2, 0) is 11.2 Å². The summed E-state index contributed by atoms with van der Waals surface area (Å²) in [5, 5.41) is 19.7. The number of nitrogens with two attached hydrogens (primary N) is 1. The fourth-order valence-electron chi connectivity index (χ4n) is 1.80. The molecule has 0 saturated heterocycles. The van der Waals surface area contributed by atoms with Gasteiger partial charge in [-0.1, -0.05) is 12.1 Å². The van der Waals surface area contributed by atoms with Gasteiger partial charge in [-0.25, -0.2) is 4.79 Å². The van der Waals surface area contributed by atoms with Crippen LogP contribution in [0, 0.1) is 10.1 Å². The molecule has 0 unspecified atom stereocenters. The second-order valence-corrected chi connectivity index (χ2v) is 4.65. The van der Waals surface area contributed by atoms with E-state index in [1.165, 1.54) is 36.4 Å². The number of hydrogen-bond acceptors (Lipinski definition) is 6. The third kappa shape index (κ3) is 4.03. The molecule has 2 rings (SSSR count). The maximum absolute atomic E-state index is 11.9. The zero-order valence-corrected chi connectivity index (χ0v) is 11.5. The average molecular weight is 302 g/mol. The summed E-state index contributed by atoms with van der Waals surface area (Å²) in [5.41, 5.74) is 6.46. The monoisotopic (exact) mass is 302 g/mol. The number of nitrogens with zero attached hydrogens (tertiary/aromatic N) is 1. The smallest absolute Gasteiger partial charge is 0.328 e. The van der Waals surface area contributed by atoms with Crippen molar-refractivity contribution in [3.05, 3.63) is 64.2 Å². The highest BCUT2D eigenvalue weighted by molar-refractivity contribution is 5.78. The molecular formula is C15H14N2O5. The lowest BCUT2D eigenvalue weighted by atomic mass is 10.1. The predicted octanol–water partition coefficient (Wildman–Crippen LogP) is 1.78. The van der Waals surface area contributed by atoms with Crippen LogP contribution in [-0.4, -0.2) is 22.0 Å². The Hall–Kier alpha value is -2.93. The molecule has 0 amide bonds. The third-order valence-corrected chi connectivity index (χ3v) is 2.96. The quantitative estimate of drug-likeness (QED) is 0.376. The molecule has 0 saturated carbocycles. The first kappa shape index (κ1) is 15.5. The molecule has 7 nitrogen and oxygen atoms in total. The molecule has 0 aliphatic heterocycles. The maximum Gasteiger partial charge on any atom is 0.328 e. The number of benzene rings is 2. The lowest BCUT2D eigenvalue weighted by Gasteiger charge is -2.11. The van der Waals surface area contributed by atoms with Gasteiger partial charge in [-0.2, -0.15) is 0 Å². The summed E-state index contributed by atoms with van der Waals surface area (Å²) in [6.07, 6.45) is 0.256. The second-order valence-electron chi connectivity index (χ2n) is 4.65. The molecule has 2 aromatic carbocycles. The van der Waals surface area contributed by atoms with E-state index in [2.05, 4.69) is 0 Å². The molecule has 3 N–H and O–H groups in total. The Morgan fingerprint density at radius 2 is 1.77 bits per heavy atom. The van der Waals surface area contributed by atoms with Gasteiger partial charge in [-0.3, -0.25) is 10.1 Å². The lowest BCUT2D eigenvalue weighted by molar-refractivity contribution is -0.384. The van der Waals surface area contributed by atoms with Crippen LogP contribution in [0.2, 0.25) is 0 Å². The Morgan fingerprint density at radius 3 is 2.32 bits per heavy atom. The van der Waals surface area contributed by atoms with E-state index in [0.29, 0.717) is 0 Å². The van der Waals surface area contributed by atoms with E-state index in [-0.39, 0.29) is 23.6 Å². The third-order valence-electron chi connectivity index (χ3n) is 2.96. The highest BCUT2D eigenvalue weighted by atomic mass is 16.6. The van der Waals surface area contributed by atoms with Crippen molar-refractivity contribution in [3.8, 4) is 11.5 Å². The maximum atomic E-state index is 11.9. The topological polar surface area (TPSA) is 116 Å². The van der Waals surface area contributed by atoms with Gasteiger partial charge in [0.25, 0.3) is 5.69 Å². The number of ether oxygens (including phenoxy) is 1. The summed E-state index contributed by atoms with van der Waals surface area (Å²) in [7, 11) is 0. The van der Waals surface area contributed by atoms with Crippen molar-refractivity contribution in [1.29, 1.82) is 0 Å². The van der Waals surface area contributed by atoms with E-state index < -0.39 is 16.9 Å². The Balaban J connectivity index is 1.95. The highest BCUT2D eigenvalue weighted by Gasteiger charge is 2.17.